The van der Waals surface area contributed by atoms with E-state index in [4.69, 9.17) is 5.73 Å². The number of primary amides is 1. The van der Waals surface area contributed by atoms with Crippen LogP contribution in [0.2, 0.25) is 0 Å². The number of carbonyl (C=O) groups is 1. The van der Waals surface area contributed by atoms with E-state index < -0.39 is 18.1 Å². The van der Waals surface area contributed by atoms with Gasteiger partial charge in [-0.1, -0.05) is 35.6 Å². The van der Waals surface area contributed by atoms with Crippen LogP contribution in [0.15, 0.2) is 34.4 Å². The van der Waals surface area contributed by atoms with Crippen LogP contribution in [-0.2, 0) is 4.79 Å². The number of amides is 1. The van der Waals surface area contributed by atoms with E-state index in [1.165, 1.54) is 0 Å². The topological polar surface area (TPSA) is 116 Å². The van der Waals surface area contributed by atoms with Gasteiger partial charge in [0.1, 0.15) is 6.10 Å². The quantitative estimate of drug-likeness (QED) is 0.637. The zero-order chi connectivity index (χ0) is 14.7. The minimum absolute atomic E-state index is 0.138. The lowest BCUT2D eigenvalue weighted by atomic mass is 10.00. The van der Waals surface area contributed by atoms with Gasteiger partial charge in [0.15, 0.2) is 0 Å². The van der Waals surface area contributed by atoms with Gasteiger partial charge in [0.25, 0.3) is 0 Å². The van der Waals surface area contributed by atoms with E-state index in [-0.39, 0.29) is 11.3 Å². The Morgan fingerprint density at radius 2 is 1.95 bits per heavy atom. The van der Waals surface area contributed by atoms with Gasteiger partial charge in [-0.25, -0.2) is 0 Å². The van der Waals surface area contributed by atoms with Crippen LogP contribution in [0, 0.1) is 0 Å². The predicted octanol–water partition coefficient (Wildman–Crippen LogP) is 0.373. The van der Waals surface area contributed by atoms with E-state index in [9.17, 15) is 19.8 Å². The van der Waals surface area contributed by atoms with Gasteiger partial charge in [-0.3, -0.25) is 9.59 Å². The van der Waals surface area contributed by atoms with Crippen molar-refractivity contribution >= 4 is 17.2 Å². The van der Waals surface area contributed by atoms with Crippen LogP contribution in [0.4, 0.5) is 0 Å². The van der Waals surface area contributed by atoms with Crippen LogP contribution >= 0.6 is 11.3 Å². The number of hydrogen-bond acceptors (Lipinski definition) is 5. The van der Waals surface area contributed by atoms with Crippen LogP contribution in [0.25, 0.3) is 11.3 Å². The van der Waals surface area contributed by atoms with E-state index in [0.29, 0.717) is 11.3 Å². The highest BCUT2D eigenvalue weighted by atomic mass is 32.1. The van der Waals surface area contributed by atoms with Crippen LogP contribution in [0.1, 0.15) is 18.1 Å². The lowest BCUT2D eigenvalue weighted by Gasteiger charge is -2.17. The number of aromatic amines is 1. The number of H-pyrrole nitrogens is 1. The molecule has 0 spiro atoms. The van der Waals surface area contributed by atoms with Gasteiger partial charge in [-0.05, 0) is 11.1 Å². The van der Waals surface area contributed by atoms with Crippen molar-refractivity contribution in [3.63, 3.8) is 0 Å². The Morgan fingerprint density at radius 3 is 2.45 bits per heavy atom. The van der Waals surface area contributed by atoms with Gasteiger partial charge in [-0.15, -0.1) is 0 Å². The third kappa shape index (κ3) is 3.32. The van der Waals surface area contributed by atoms with Gasteiger partial charge in [0, 0.05) is 5.38 Å². The second kappa shape index (κ2) is 6.00. The maximum atomic E-state index is 11.1. The molecular weight excluding hydrogens is 280 g/mol. The van der Waals surface area contributed by atoms with Gasteiger partial charge < -0.3 is 20.9 Å². The van der Waals surface area contributed by atoms with Gasteiger partial charge >= 0.3 is 4.87 Å². The molecule has 5 N–H and O–H groups in total. The molecule has 1 heterocycles. The fraction of sp³-hybridized carbons (Fsp3) is 0.231. The molecule has 7 heteroatoms. The highest BCUT2D eigenvalue weighted by Gasteiger charge is 2.20. The van der Waals surface area contributed by atoms with Crippen LogP contribution in [-0.4, -0.2) is 27.2 Å². The summed E-state index contributed by atoms with van der Waals surface area (Å²) in [5, 5.41) is 21.2. The van der Waals surface area contributed by atoms with Crippen molar-refractivity contribution in [3.8, 4) is 11.3 Å². The Bertz CT molecular complexity index is 647. The lowest BCUT2D eigenvalue weighted by molar-refractivity contribution is -0.121. The first-order valence-corrected chi connectivity index (χ1v) is 6.78. The minimum atomic E-state index is -1.24. The molecule has 1 aromatic heterocycles. The van der Waals surface area contributed by atoms with Crippen molar-refractivity contribution in [2.45, 2.75) is 18.6 Å². The summed E-state index contributed by atoms with van der Waals surface area (Å²) in [5.41, 5.74) is 6.93. The van der Waals surface area contributed by atoms with E-state index in [1.807, 2.05) is 0 Å². The Kier molecular flexibility index (Phi) is 4.33. The number of hydrogen-bond donors (Lipinski definition) is 4. The summed E-state index contributed by atoms with van der Waals surface area (Å²) in [6, 6.07) is 6.68. The summed E-state index contributed by atoms with van der Waals surface area (Å²) in [7, 11) is 0. The maximum absolute atomic E-state index is 11.1. The predicted molar refractivity (Wildman–Crippen MR) is 75.2 cm³/mol. The zero-order valence-corrected chi connectivity index (χ0v) is 11.3. The molecule has 0 saturated heterocycles. The van der Waals surface area contributed by atoms with Crippen LogP contribution < -0.4 is 10.6 Å². The number of aliphatic hydroxyl groups excluding tert-OH is 2. The molecule has 1 aromatic carbocycles. The Hall–Kier alpha value is -1.96. The molecule has 2 aromatic rings. The van der Waals surface area contributed by atoms with E-state index in [0.717, 1.165) is 16.9 Å². The highest BCUT2D eigenvalue weighted by molar-refractivity contribution is 7.07. The molecule has 106 valence electrons. The Balaban J connectivity index is 2.15. The summed E-state index contributed by atoms with van der Waals surface area (Å²) in [6.07, 6.45) is -2.72. The molecule has 0 aliphatic carbocycles. The van der Waals surface area contributed by atoms with Crippen molar-refractivity contribution in [2.24, 2.45) is 5.73 Å². The summed E-state index contributed by atoms with van der Waals surface area (Å²) >= 11 is 1.07. The number of thiazole rings is 1. The van der Waals surface area contributed by atoms with Crippen molar-refractivity contribution in [1.29, 1.82) is 0 Å². The molecule has 0 aliphatic rings. The van der Waals surface area contributed by atoms with Gasteiger partial charge in [0.2, 0.25) is 5.91 Å². The molecule has 6 nitrogen and oxygen atoms in total. The number of aliphatic hydroxyl groups is 2. The van der Waals surface area contributed by atoms with Gasteiger partial charge in [0.05, 0.1) is 18.2 Å². The van der Waals surface area contributed by atoms with E-state index >= 15 is 0 Å². The third-order valence-electron chi connectivity index (χ3n) is 2.86. The molecule has 2 atom stereocenters. The molecule has 0 bridgehead atoms. The minimum Gasteiger partial charge on any atom is -0.390 e. The third-order valence-corrected chi connectivity index (χ3v) is 3.53. The van der Waals surface area contributed by atoms with E-state index in [2.05, 4.69) is 4.98 Å². The second-order valence-electron chi connectivity index (χ2n) is 4.37. The van der Waals surface area contributed by atoms with Crippen molar-refractivity contribution in [2.75, 3.05) is 0 Å². The van der Waals surface area contributed by atoms with Crippen LogP contribution in [0.5, 0.6) is 0 Å². The Morgan fingerprint density at radius 1 is 1.30 bits per heavy atom. The molecule has 1 amide bonds. The lowest BCUT2D eigenvalue weighted by Crippen LogP contribution is -2.25. The molecule has 0 saturated carbocycles. The number of carbonyl (C=O) groups excluding carboxylic acids is 1. The molecular formula is C13H14N2O4S. The number of benzene rings is 1. The molecule has 2 rings (SSSR count). The van der Waals surface area contributed by atoms with Crippen molar-refractivity contribution < 1.29 is 15.0 Å². The number of rotatable bonds is 5. The average molecular weight is 294 g/mol. The monoisotopic (exact) mass is 294 g/mol. The standard InChI is InChI=1S/C13H14N2O4S/c14-11(17)5-10(16)12(18)8-3-1-7(2-4-8)9-6-20-13(19)15-9/h1-4,6,10,12,16,18H,5H2,(H2,14,17)(H,15,19). The molecule has 0 radical (unpaired) electrons. The summed E-state index contributed by atoms with van der Waals surface area (Å²) in [4.78, 5) is 24.3. The SMILES string of the molecule is NC(=O)CC(O)C(O)c1ccc(-c2csc(=O)[nH]2)cc1. The van der Waals surface area contributed by atoms with E-state index in [1.54, 1.807) is 29.6 Å². The summed E-state index contributed by atoms with van der Waals surface area (Å²) < 4.78 is 0. The first-order chi connectivity index (χ1) is 9.47. The first-order valence-electron chi connectivity index (χ1n) is 5.90. The second-order valence-corrected chi connectivity index (χ2v) is 5.21. The molecule has 2 unspecified atom stereocenters. The molecule has 0 fully saturated rings. The smallest absolute Gasteiger partial charge is 0.304 e. The maximum Gasteiger partial charge on any atom is 0.304 e. The van der Waals surface area contributed by atoms with Gasteiger partial charge in [-0.2, -0.15) is 0 Å². The number of aromatic nitrogens is 1. The summed E-state index contributed by atoms with van der Waals surface area (Å²) in [6.45, 7) is 0. The van der Waals surface area contributed by atoms with Crippen molar-refractivity contribution in [3.05, 3.63) is 44.9 Å². The highest BCUT2D eigenvalue weighted by Crippen LogP contribution is 2.23. The Labute approximate surface area is 118 Å². The molecule has 20 heavy (non-hydrogen) atoms. The largest absolute Gasteiger partial charge is 0.390 e. The fourth-order valence-corrected chi connectivity index (χ4v) is 2.41. The number of nitrogens with two attached hydrogens (primary N) is 1. The average Bonchev–Trinajstić information content (AvgIpc) is 2.84. The molecule has 0 aliphatic heterocycles. The zero-order valence-electron chi connectivity index (χ0n) is 10.4. The van der Waals surface area contributed by atoms with Crippen LogP contribution in [0.3, 0.4) is 0 Å². The number of nitrogens with one attached hydrogen (secondary N) is 1. The van der Waals surface area contributed by atoms with Crippen molar-refractivity contribution in [1.82, 2.24) is 4.98 Å². The normalized spacial score (nSPS) is 13.9. The summed E-state index contributed by atoms with van der Waals surface area (Å²) in [5.74, 6) is -0.677. The first kappa shape index (κ1) is 14.4. The fourth-order valence-electron chi connectivity index (χ4n) is 1.82.